The first-order valence-electron chi connectivity index (χ1n) is 10.7. The normalized spacial score (nSPS) is 12.8. The number of non-ortho nitro benzene ring substituents is 1. The third kappa shape index (κ3) is 4.63. The first-order chi connectivity index (χ1) is 16.3. The number of Topliss-reactive ketones (excluding diaryl/α,β-unsaturated/α-hetero) is 3. The van der Waals surface area contributed by atoms with Crippen LogP contribution >= 0.6 is 11.8 Å². The van der Waals surface area contributed by atoms with Crippen molar-refractivity contribution in [2.24, 2.45) is 5.92 Å². The van der Waals surface area contributed by atoms with E-state index in [1.54, 1.807) is 30.0 Å². The number of carbonyl (C=O) groups excluding carboxylic acids is 3. The van der Waals surface area contributed by atoms with Gasteiger partial charge in [0.25, 0.3) is 5.69 Å². The average molecular weight is 475 g/mol. The van der Waals surface area contributed by atoms with Gasteiger partial charge in [-0.1, -0.05) is 42.1 Å². The lowest BCUT2D eigenvalue weighted by Gasteiger charge is -2.25. The van der Waals surface area contributed by atoms with Crippen molar-refractivity contribution in [3.8, 4) is 0 Å². The molecule has 0 saturated carbocycles. The number of nitrogens with one attached hydrogen (secondary N) is 1. The number of carbonyl (C=O) groups is 3. The van der Waals surface area contributed by atoms with Crippen molar-refractivity contribution in [1.82, 2.24) is 0 Å². The van der Waals surface area contributed by atoms with E-state index in [9.17, 15) is 24.5 Å². The second-order valence-corrected chi connectivity index (χ2v) is 9.27. The highest BCUT2D eigenvalue weighted by Crippen LogP contribution is 2.46. The zero-order valence-electron chi connectivity index (χ0n) is 18.6. The fourth-order valence-electron chi connectivity index (χ4n) is 4.35. The fourth-order valence-corrected chi connectivity index (χ4v) is 5.37. The van der Waals surface area contributed by atoms with Gasteiger partial charge in [0.05, 0.1) is 22.2 Å². The molecular weight excluding hydrogens is 452 g/mol. The van der Waals surface area contributed by atoms with E-state index in [1.807, 2.05) is 30.3 Å². The minimum Gasteiger partial charge on any atom is -0.353 e. The number of nitro groups is 1. The molecule has 1 N–H and O–H groups in total. The number of anilines is 2. The summed E-state index contributed by atoms with van der Waals surface area (Å²) >= 11 is 1.55. The molecule has 8 heteroatoms. The van der Waals surface area contributed by atoms with E-state index in [4.69, 9.17) is 0 Å². The van der Waals surface area contributed by atoms with Crippen molar-refractivity contribution in [2.45, 2.75) is 36.0 Å². The highest BCUT2D eigenvalue weighted by molar-refractivity contribution is 7.99. The molecule has 0 saturated heterocycles. The molecule has 3 aromatic rings. The smallest absolute Gasteiger partial charge is 0.269 e. The number of rotatable bonds is 8. The van der Waals surface area contributed by atoms with Crippen LogP contribution in [-0.4, -0.2) is 22.3 Å². The number of nitro benzene ring substituents is 1. The van der Waals surface area contributed by atoms with Crippen molar-refractivity contribution >= 4 is 46.2 Å². The summed E-state index contributed by atoms with van der Waals surface area (Å²) in [5.74, 6) is -2.91. The Balaban J connectivity index is 1.73. The summed E-state index contributed by atoms with van der Waals surface area (Å²) in [4.78, 5) is 51.1. The van der Waals surface area contributed by atoms with Gasteiger partial charge in [-0.25, -0.2) is 0 Å². The Morgan fingerprint density at radius 2 is 1.62 bits per heavy atom. The quantitative estimate of drug-likeness (QED) is 0.145. The van der Waals surface area contributed by atoms with E-state index in [-0.39, 0.29) is 29.5 Å². The molecule has 0 radical (unpaired) electrons. The Kier molecular flexibility index (Phi) is 6.61. The van der Waals surface area contributed by atoms with Gasteiger partial charge in [0.1, 0.15) is 11.6 Å². The molecule has 34 heavy (non-hydrogen) atoms. The van der Waals surface area contributed by atoms with Gasteiger partial charge >= 0.3 is 0 Å². The minimum absolute atomic E-state index is 0.143. The number of fused-ring (bicyclic) bond motifs is 2. The summed E-state index contributed by atoms with van der Waals surface area (Å²) in [6.07, 6.45) is -0.143. The lowest BCUT2D eigenvalue weighted by atomic mass is 9.77. The fraction of sp³-hybridized carbons (Fsp3) is 0.192. The first kappa shape index (κ1) is 23.4. The molecule has 1 unspecified atom stereocenters. The van der Waals surface area contributed by atoms with Crippen molar-refractivity contribution < 1.29 is 19.3 Å². The van der Waals surface area contributed by atoms with Gasteiger partial charge in [-0.2, -0.15) is 0 Å². The Morgan fingerprint density at radius 1 is 0.941 bits per heavy atom. The Morgan fingerprint density at radius 3 is 2.32 bits per heavy atom. The number of benzene rings is 3. The van der Waals surface area contributed by atoms with E-state index in [1.165, 1.54) is 32.0 Å². The molecule has 1 aliphatic heterocycles. The lowest BCUT2D eigenvalue weighted by molar-refractivity contribution is -0.384. The van der Waals surface area contributed by atoms with E-state index < -0.39 is 16.8 Å². The maximum Gasteiger partial charge on any atom is 0.269 e. The molecule has 0 aliphatic carbocycles. The molecule has 1 atom stereocenters. The summed E-state index contributed by atoms with van der Waals surface area (Å²) < 4.78 is 0. The summed E-state index contributed by atoms with van der Waals surface area (Å²) in [6, 6.07) is 19.0. The Labute approximate surface area is 200 Å². The molecule has 0 fully saturated rings. The van der Waals surface area contributed by atoms with Crippen LogP contribution in [0.1, 0.15) is 42.1 Å². The molecule has 7 nitrogen and oxygen atoms in total. The van der Waals surface area contributed by atoms with E-state index >= 15 is 0 Å². The van der Waals surface area contributed by atoms with Crippen LogP contribution < -0.4 is 5.32 Å². The molecule has 1 aliphatic rings. The average Bonchev–Trinajstić information content (AvgIpc) is 2.81. The Bertz CT molecular complexity index is 1310. The zero-order valence-corrected chi connectivity index (χ0v) is 19.4. The van der Waals surface area contributed by atoms with Crippen LogP contribution in [0.15, 0.2) is 76.5 Å². The van der Waals surface area contributed by atoms with Crippen LogP contribution in [0.4, 0.5) is 17.1 Å². The SMILES string of the molecule is CC(=O)C(C(C)=O)C(CC(=O)c1cccc2c1Nc1ccccc1S2)c1cccc([N+](=O)[O-])c1. The lowest BCUT2D eigenvalue weighted by Crippen LogP contribution is -2.29. The molecule has 1 heterocycles. The van der Waals surface area contributed by atoms with Gasteiger partial charge in [-0.05, 0) is 43.7 Å². The third-order valence-corrected chi connectivity index (χ3v) is 7.02. The van der Waals surface area contributed by atoms with Gasteiger partial charge in [-0.15, -0.1) is 0 Å². The zero-order chi connectivity index (χ0) is 24.4. The predicted molar refractivity (Wildman–Crippen MR) is 130 cm³/mol. The predicted octanol–water partition coefficient (Wildman–Crippen LogP) is 5.95. The van der Waals surface area contributed by atoms with E-state index in [2.05, 4.69) is 5.32 Å². The molecule has 0 amide bonds. The van der Waals surface area contributed by atoms with E-state index in [0.717, 1.165) is 15.5 Å². The van der Waals surface area contributed by atoms with Gasteiger partial charge in [0.2, 0.25) is 0 Å². The van der Waals surface area contributed by atoms with Crippen molar-refractivity contribution in [1.29, 1.82) is 0 Å². The number of hydrogen-bond donors (Lipinski definition) is 1. The number of para-hydroxylation sites is 2. The largest absolute Gasteiger partial charge is 0.353 e. The highest BCUT2D eigenvalue weighted by atomic mass is 32.2. The van der Waals surface area contributed by atoms with Crippen molar-refractivity contribution in [3.63, 3.8) is 0 Å². The number of hydrogen-bond acceptors (Lipinski definition) is 7. The van der Waals surface area contributed by atoms with Crippen molar-refractivity contribution in [3.05, 3.63) is 88.0 Å². The number of ketones is 3. The van der Waals surface area contributed by atoms with Gasteiger partial charge in [0.15, 0.2) is 5.78 Å². The second kappa shape index (κ2) is 9.61. The molecule has 0 spiro atoms. The standard InChI is InChI=1S/C26H22N2O5S/c1-15(29)25(16(2)30)20(17-7-5-8-18(13-17)28(32)33)14-22(31)19-9-6-12-24-26(19)27-21-10-3-4-11-23(21)34-24/h3-13,20,25,27H,14H2,1-2H3. The van der Waals surface area contributed by atoms with Gasteiger partial charge in [-0.3, -0.25) is 24.5 Å². The van der Waals surface area contributed by atoms with Crippen LogP contribution in [0.25, 0.3) is 0 Å². The monoisotopic (exact) mass is 474 g/mol. The van der Waals surface area contributed by atoms with Crippen LogP contribution in [0, 0.1) is 16.0 Å². The van der Waals surface area contributed by atoms with Gasteiger partial charge in [0, 0.05) is 39.8 Å². The molecule has 4 rings (SSSR count). The minimum atomic E-state index is -1.08. The highest BCUT2D eigenvalue weighted by Gasteiger charge is 2.34. The summed E-state index contributed by atoms with van der Waals surface area (Å²) in [5, 5.41) is 14.6. The summed E-state index contributed by atoms with van der Waals surface area (Å²) in [6.45, 7) is 2.61. The van der Waals surface area contributed by atoms with Crippen LogP contribution in [0.2, 0.25) is 0 Å². The van der Waals surface area contributed by atoms with Crippen LogP contribution in [0.3, 0.4) is 0 Å². The van der Waals surface area contributed by atoms with E-state index in [0.29, 0.717) is 16.8 Å². The van der Waals surface area contributed by atoms with Crippen LogP contribution in [-0.2, 0) is 9.59 Å². The molecule has 0 bridgehead atoms. The van der Waals surface area contributed by atoms with Crippen molar-refractivity contribution in [2.75, 3.05) is 5.32 Å². The summed E-state index contributed by atoms with van der Waals surface area (Å²) in [7, 11) is 0. The maximum absolute atomic E-state index is 13.6. The molecular formula is C26H22N2O5S. The van der Waals surface area contributed by atoms with Crippen LogP contribution in [0.5, 0.6) is 0 Å². The number of nitrogens with zero attached hydrogens (tertiary/aromatic N) is 1. The molecule has 3 aromatic carbocycles. The summed E-state index contributed by atoms with van der Waals surface area (Å²) in [5.41, 5.74) is 2.26. The topological polar surface area (TPSA) is 106 Å². The first-order valence-corrected chi connectivity index (χ1v) is 11.5. The third-order valence-electron chi connectivity index (χ3n) is 5.89. The van der Waals surface area contributed by atoms with Gasteiger partial charge < -0.3 is 5.32 Å². The maximum atomic E-state index is 13.6. The second-order valence-electron chi connectivity index (χ2n) is 8.19. The molecule has 0 aromatic heterocycles. The molecule has 172 valence electrons. The Hall–Kier alpha value is -3.78.